The third-order valence-corrected chi connectivity index (χ3v) is 3.45. The fraction of sp³-hybridized carbons (Fsp3) is 0.471. The van der Waals surface area contributed by atoms with Crippen LogP contribution in [0.4, 0.5) is 0 Å². The molecule has 1 N–H and O–H groups in total. The zero-order valence-electron chi connectivity index (χ0n) is 13.7. The van der Waals surface area contributed by atoms with E-state index in [0.717, 1.165) is 0 Å². The highest BCUT2D eigenvalue weighted by molar-refractivity contribution is 6.34. The SMILES string of the molecule is CC#CC(C)(COC)NC(=O)C(CC)Oc1cc(Cl)cc(Cl)c1. The number of ether oxygens (including phenoxy) is 2. The molecule has 2 unspecified atom stereocenters. The van der Waals surface area contributed by atoms with Crippen molar-refractivity contribution in [3.05, 3.63) is 28.2 Å². The Morgan fingerprint density at radius 3 is 2.43 bits per heavy atom. The summed E-state index contributed by atoms with van der Waals surface area (Å²) < 4.78 is 10.8. The Kier molecular flexibility index (Phi) is 7.70. The van der Waals surface area contributed by atoms with Gasteiger partial charge in [0.05, 0.1) is 6.61 Å². The molecule has 0 aliphatic carbocycles. The lowest BCUT2D eigenvalue weighted by Gasteiger charge is -2.27. The van der Waals surface area contributed by atoms with Gasteiger partial charge in [-0.2, -0.15) is 0 Å². The molecule has 0 radical (unpaired) electrons. The van der Waals surface area contributed by atoms with Gasteiger partial charge in [0.15, 0.2) is 6.10 Å². The van der Waals surface area contributed by atoms with Gasteiger partial charge < -0.3 is 14.8 Å². The number of carbonyl (C=O) groups excluding carboxylic acids is 1. The fourth-order valence-corrected chi connectivity index (χ4v) is 2.61. The number of rotatable bonds is 7. The summed E-state index contributed by atoms with van der Waals surface area (Å²) >= 11 is 11.9. The van der Waals surface area contributed by atoms with Crippen LogP contribution < -0.4 is 10.1 Å². The van der Waals surface area contributed by atoms with Crippen molar-refractivity contribution in [3.8, 4) is 17.6 Å². The van der Waals surface area contributed by atoms with Crippen molar-refractivity contribution in [1.82, 2.24) is 5.32 Å². The standard InChI is InChI=1S/C17H21Cl2NO3/c1-5-7-17(3,11-22-4)20-16(21)15(6-2)23-14-9-12(18)8-13(19)10-14/h8-10,15H,6,11H2,1-4H3,(H,20,21). The van der Waals surface area contributed by atoms with Gasteiger partial charge >= 0.3 is 0 Å². The highest BCUT2D eigenvalue weighted by Gasteiger charge is 2.28. The van der Waals surface area contributed by atoms with E-state index in [1.54, 1.807) is 39.2 Å². The number of methoxy groups -OCH3 is 1. The largest absolute Gasteiger partial charge is 0.481 e. The van der Waals surface area contributed by atoms with E-state index in [0.29, 0.717) is 22.2 Å². The van der Waals surface area contributed by atoms with Crippen LogP contribution in [0.2, 0.25) is 10.0 Å². The maximum atomic E-state index is 12.5. The highest BCUT2D eigenvalue weighted by Crippen LogP contribution is 2.25. The molecule has 0 aliphatic rings. The summed E-state index contributed by atoms with van der Waals surface area (Å²) in [5.74, 6) is 5.92. The molecule has 23 heavy (non-hydrogen) atoms. The minimum atomic E-state index is -0.774. The Hall–Kier alpha value is -1.41. The van der Waals surface area contributed by atoms with Crippen LogP contribution in [0.15, 0.2) is 18.2 Å². The number of carbonyl (C=O) groups is 1. The zero-order chi connectivity index (χ0) is 17.5. The molecule has 1 rings (SSSR count). The molecule has 0 saturated carbocycles. The van der Waals surface area contributed by atoms with Crippen LogP contribution >= 0.6 is 23.2 Å². The van der Waals surface area contributed by atoms with Crippen LogP contribution in [-0.4, -0.2) is 31.3 Å². The van der Waals surface area contributed by atoms with Gasteiger partial charge in [-0.15, -0.1) is 5.92 Å². The second-order valence-corrected chi connectivity index (χ2v) is 6.12. The predicted octanol–water partition coefficient (Wildman–Crippen LogP) is 3.70. The van der Waals surface area contributed by atoms with Gasteiger partial charge in [0.2, 0.25) is 0 Å². The maximum absolute atomic E-state index is 12.5. The van der Waals surface area contributed by atoms with Crippen LogP contribution in [0.5, 0.6) is 5.75 Å². The van der Waals surface area contributed by atoms with Crippen molar-refractivity contribution in [2.75, 3.05) is 13.7 Å². The molecule has 0 fully saturated rings. The van der Waals surface area contributed by atoms with E-state index in [2.05, 4.69) is 17.2 Å². The van der Waals surface area contributed by atoms with E-state index in [9.17, 15) is 4.79 Å². The lowest BCUT2D eigenvalue weighted by molar-refractivity contribution is -0.129. The average Bonchev–Trinajstić information content (AvgIpc) is 2.43. The Morgan fingerprint density at radius 1 is 1.35 bits per heavy atom. The van der Waals surface area contributed by atoms with Crippen molar-refractivity contribution < 1.29 is 14.3 Å². The third-order valence-electron chi connectivity index (χ3n) is 3.01. The summed E-state index contributed by atoms with van der Waals surface area (Å²) in [5.41, 5.74) is -0.774. The molecule has 6 heteroatoms. The molecule has 2 atom stereocenters. The highest BCUT2D eigenvalue weighted by atomic mass is 35.5. The number of hydrogen-bond donors (Lipinski definition) is 1. The molecule has 0 spiro atoms. The summed E-state index contributed by atoms with van der Waals surface area (Å²) in [7, 11) is 1.56. The molecule has 0 saturated heterocycles. The fourth-order valence-electron chi connectivity index (χ4n) is 2.10. The molecular weight excluding hydrogens is 337 g/mol. The van der Waals surface area contributed by atoms with Gasteiger partial charge in [-0.3, -0.25) is 4.79 Å². The van der Waals surface area contributed by atoms with Gasteiger partial charge in [0.25, 0.3) is 5.91 Å². The molecule has 1 aromatic rings. The van der Waals surface area contributed by atoms with E-state index < -0.39 is 11.6 Å². The summed E-state index contributed by atoms with van der Waals surface area (Å²) in [5, 5.41) is 3.76. The lowest BCUT2D eigenvalue weighted by atomic mass is 10.0. The van der Waals surface area contributed by atoms with Crippen LogP contribution in [0.1, 0.15) is 27.2 Å². The smallest absolute Gasteiger partial charge is 0.262 e. The zero-order valence-corrected chi connectivity index (χ0v) is 15.2. The lowest BCUT2D eigenvalue weighted by Crippen LogP contribution is -2.52. The molecule has 0 heterocycles. The Balaban J connectivity index is 2.87. The van der Waals surface area contributed by atoms with E-state index in [4.69, 9.17) is 32.7 Å². The van der Waals surface area contributed by atoms with E-state index in [1.807, 2.05) is 6.92 Å². The van der Waals surface area contributed by atoms with Crippen LogP contribution in [-0.2, 0) is 9.53 Å². The molecule has 0 aromatic heterocycles. The Bertz CT molecular complexity index is 589. The van der Waals surface area contributed by atoms with Gasteiger partial charge in [0.1, 0.15) is 11.3 Å². The molecule has 1 aromatic carbocycles. The minimum absolute atomic E-state index is 0.272. The Labute approximate surface area is 147 Å². The first-order valence-corrected chi connectivity index (χ1v) is 7.96. The van der Waals surface area contributed by atoms with E-state index >= 15 is 0 Å². The molecule has 4 nitrogen and oxygen atoms in total. The number of nitrogens with one attached hydrogen (secondary N) is 1. The number of benzene rings is 1. The molecule has 126 valence electrons. The first-order valence-electron chi connectivity index (χ1n) is 7.21. The van der Waals surface area contributed by atoms with Crippen molar-refractivity contribution in [2.24, 2.45) is 0 Å². The number of halogens is 2. The van der Waals surface area contributed by atoms with Gasteiger partial charge in [-0.05, 0) is 38.5 Å². The normalized spacial score (nSPS) is 14.2. The number of amides is 1. The van der Waals surface area contributed by atoms with Crippen molar-refractivity contribution in [1.29, 1.82) is 0 Å². The third kappa shape index (κ3) is 6.31. The van der Waals surface area contributed by atoms with E-state index in [1.165, 1.54) is 0 Å². The second kappa shape index (κ2) is 9.02. The van der Waals surface area contributed by atoms with Gasteiger partial charge in [0, 0.05) is 17.2 Å². The first-order chi connectivity index (χ1) is 10.8. The van der Waals surface area contributed by atoms with Crippen LogP contribution in [0, 0.1) is 11.8 Å². The topological polar surface area (TPSA) is 47.6 Å². The average molecular weight is 358 g/mol. The van der Waals surface area contributed by atoms with Crippen LogP contribution in [0.25, 0.3) is 0 Å². The van der Waals surface area contributed by atoms with Crippen molar-refractivity contribution in [3.63, 3.8) is 0 Å². The molecule has 1 amide bonds. The summed E-state index contributed by atoms with van der Waals surface area (Å²) in [6, 6.07) is 4.83. The molecule has 0 bridgehead atoms. The predicted molar refractivity (Wildman–Crippen MR) is 93.0 cm³/mol. The molecular formula is C17H21Cl2NO3. The second-order valence-electron chi connectivity index (χ2n) is 5.25. The monoisotopic (exact) mass is 357 g/mol. The summed E-state index contributed by atoms with van der Waals surface area (Å²) in [4.78, 5) is 12.5. The molecule has 0 aliphatic heterocycles. The van der Waals surface area contributed by atoms with Crippen molar-refractivity contribution >= 4 is 29.1 Å². The van der Waals surface area contributed by atoms with Gasteiger partial charge in [-0.1, -0.05) is 36.0 Å². The van der Waals surface area contributed by atoms with Gasteiger partial charge in [-0.25, -0.2) is 0 Å². The quantitative estimate of drug-likeness (QED) is 0.756. The Morgan fingerprint density at radius 2 is 1.96 bits per heavy atom. The summed E-state index contributed by atoms with van der Waals surface area (Å²) in [6.07, 6.45) is -0.196. The van der Waals surface area contributed by atoms with Crippen LogP contribution in [0.3, 0.4) is 0 Å². The van der Waals surface area contributed by atoms with E-state index in [-0.39, 0.29) is 12.5 Å². The number of hydrogen-bond acceptors (Lipinski definition) is 3. The first kappa shape index (κ1) is 19.6. The minimum Gasteiger partial charge on any atom is -0.481 e. The summed E-state index contributed by atoms with van der Waals surface area (Å²) in [6.45, 7) is 5.64. The maximum Gasteiger partial charge on any atom is 0.262 e. The van der Waals surface area contributed by atoms with Crippen molar-refractivity contribution in [2.45, 2.75) is 38.8 Å².